The van der Waals surface area contributed by atoms with Crippen LogP contribution in [0.2, 0.25) is 0 Å². The lowest BCUT2D eigenvalue weighted by atomic mass is 9.49. The predicted octanol–water partition coefficient (Wildman–Crippen LogP) is 7.53. The first-order chi connectivity index (χ1) is 15.2. The minimum Gasteiger partial charge on any atom is -0.462 e. The van der Waals surface area contributed by atoms with E-state index in [0.717, 1.165) is 31.0 Å². The Morgan fingerprint density at radius 2 is 1.84 bits per heavy atom. The molecule has 8 atom stereocenters. The quantitative estimate of drug-likeness (QED) is 0.250. The van der Waals surface area contributed by atoms with Gasteiger partial charge in [0.25, 0.3) is 0 Å². The highest BCUT2D eigenvalue weighted by Gasteiger charge is 2.57. The maximum atomic E-state index is 11.6. The Labute approximate surface area is 197 Å². The molecule has 7 unspecified atom stereocenters. The van der Waals surface area contributed by atoms with Gasteiger partial charge in [-0.2, -0.15) is 0 Å². The SMILES string of the molecule is CC.CC(=O)OC1CCC2(C)C3=C(CCC2C1C)C1CCC([C@H](C)CCC=O)C1(C)CC3. The zero-order valence-electron chi connectivity index (χ0n) is 21.8. The van der Waals surface area contributed by atoms with Crippen LogP contribution in [0.25, 0.3) is 0 Å². The van der Waals surface area contributed by atoms with Gasteiger partial charge in [0, 0.05) is 13.3 Å². The number of rotatable bonds is 5. The van der Waals surface area contributed by atoms with Crippen LogP contribution in [0.3, 0.4) is 0 Å². The van der Waals surface area contributed by atoms with Crippen LogP contribution in [0, 0.1) is 40.4 Å². The van der Waals surface area contributed by atoms with Gasteiger partial charge in [0.15, 0.2) is 0 Å². The third kappa shape index (κ3) is 4.23. The molecule has 0 heterocycles. The van der Waals surface area contributed by atoms with E-state index < -0.39 is 0 Å². The zero-order chi connectivity index (χ0) is 23.7. The summed E-state index contributed by atoms with van der Waals surface area (Å²) >= 11 is 0. The molecular weight excluding hydrogens is 396 g/mol. The van der Waals surface area contributed by atoms with E-state index in [1.807, 2.05) is 19.4 Å². The Kier molecular flexibility index (Phi) is 7.98. The highest BCUT2D eigenvalue weighted by atomic mass is 16.5. The number of allylic oxidation sites excluding steroid dienone is 2. The smallest absolute Gasteiger partial charge is 0.302 e. The van der Waals surface area contributed by atoms with Crippen molar-refractivity contribution in [2.24, 2.45) is 40.4 Å². The summed E-state index contributed by atoms with van der Waals surface area (Å²) in [6.45, 7) is 15.4. The van der Waals surface area contributed by atoms with Gasteiger partial charge in [0.1, 0.15) is 12.4 Å². The van der Waals surface area contributed by atoms with Crippen molar-refractivity contribution >= 4 is 12.3 Å². The van der Waals surface area contributed by atoms with Crippen LogP contribution in [0.15, 0.2) is 11.1 Å². The highest BCUT2D eigenvalue weighted by molar-refractivity contribution is 5.66. The standard InChI is InChI=1S/C27H42O3.C2H6/c1-17(7-6-16-28)21-10-11-23-20-8-9-22-18(2)25(30-19(3)29)13-15-27(22,5)24(20)12-14-26(21,23)4;1-2/h16-18,21-23,25H,6-15H2,1-5H3;1-2H3/t17-,18?,21?,22?,23?,25?,26?,27?;/m1./s1. The summed E-state index contributed by atoms with van der Waals surface area (Å²) < 4.78 is 5.71. The number of hydrogen-bond acceptors (Lipinski definition) is 3. The maximum Gasteiger partial charge on any atom is 0.302 e. The second kappa shape index (κ2) is 10.0. The minimum absolute atomic E-state index is 0.103. The lowest BCUT2D eigenvalue weighted by Gasteiger charge is -2.57. The van der Waals surface area contributed by atoms with Gasteiger partial charge in [-0.3, -0.25) is 4.79 Å². The Morgan fingerprint density at radius 1 is 1.12 bits per heavy atom. The molecule has 3 nitrogen and oxygen atoms in total. The third-order valence-electron chi connectivity index (χ3n) is 10.3. The van der Waals surface area contributed by atoms with Gasteiger partial charge in [-0.25, -0.2) is 0 Å². The molecule has 0 bridgehead atoms. The largest absolute Gasteiger partial charge is 0.462 e. The topological polar surface area (TPSA) is 43.4 Å². The van der Waals surface area contributed by atoms with Gasteiger partial charge in [-0.05, 0) is 98.2 Å². The van der Waals surface area contributed by atoms with E-state index in [-0.39, 0.29) is 12.1 Å². The lowest BCUT2D eigenvalue weighted by Crippen LogP contribution is -2.49. The molecule has 4 rings (SSSR count). The first-order valence-corrected chi connectivity index (χ1v) is 13.6. The van der Waals surface area contributed by atoms with Crippen molar-refractivity contribution in [3.05, 3.63) is 11.1 Å². The second-order valence-electron chi connectivity index (χ2n) is 11.6. The molecule has 4 aliphatic carbocycles. The fourth-order valence-corrected chi connectivity index (χ4v) is 8.78. The summed E-state index contributed by atoms with van der Waals surface area (Å²) in [7, 11) is 0. The van der Waals surface area contributed by atoms with Crippen molar-refractivity contribution in [2.75, 3.05) is 0 Å². The molecule has 0 radical (unpaired) electrons. The van der Waals surface area contributed by atoms with Crippen LogP contribution in [0.5, 0.6) is 0 Å². The van der Waals surface area contributed by atoms with E-state index in [0.29, 0.717) is 35.0 Å². The summed E-state index contributed by atoms with van der Waals surface area (Å²) in [5, 5.41) is 0. The van der Waals surface area contributed by atoms with E-state index in [2.05, 4.69) is 27.7 Å². The minimum atomic E-state index is -0.125. The number of ether oxygens (including phenoxy) is 1. The van der Waals surface area contributed by atoms with E-state index in [1.54, 1.807) is 12.5 Å². The van der Waals surface area contributed by atoms with Crippen molar-refractivity contribution < 1.29 is 14.3 Å². The number of aldehydes is 1. The molecule has 4 aliphatic rings. The van der Waals surface area contributed by atoms with Crippen molar-refractivity contribution in [3.63, 3.8) is 0 Å². The van der Waals surface area contributed by atoms with Gasteiger partial charge >= 0.3 is 5.97 Å². The predicted molar refractivity (Wildman–Crippen MR) is 131 cm³/mol. The van der Waals surface area contributed by atoms with E-state index >= 15 is 0 Å². The van der Waals surface area contributed by atoms with Crippen molar-refractivity contribution in [2.45, 2.75) is 119 Å². The summed E-state index contributed by atoms with van der Waals surface area (Å²) in [6.07, 6.45) is 12.9. The lowest BCUT2D eigenvalue weighted by molar-refractivity contribution is -0.155. The molecule has 2 saturated carbocycles. The Bertz CT molecular complexity index is 724. The third-order valence-corrected chi connectivity index (χ3v) is 10.3. The normalized spacial score (nSPS) is 41.4. The van der Waals surface area contributed by atoms with Crippen LogP contribution in [-0.4, -0.2) is 18.4 Å². The molecule has 2 fully saturated rings. The number of carbonyl (C=O) groups is 2. The molecule has 0 aromatic carbocycles. The Hall–Kier alpha value is -1.12. The maximum absolute atomic E-state index is 11.6. The van der Waals surface area contributed by atoms with E-state index in [4.69, 9.17) is 4.74 Å². The van der Waals surface area contributed by atoms with Crippen LogP contribution in [0.4, 0.5) is 0 Å². The average Bonchev–Trinajstić information content (AvgIpc) is 3.12. The highest BCUT2D eigenvalue weighted by Crippen LogP contribution is 2.66. The van der Waals surface area contributed by atoms with Gasteiger partial charge in [-0.15, -0.1) is 0 Å². The summed E-state index contributed by atoms with van der Waals surface area (Å²) in [5.41, 5.74) is 4.35. The van der Waals surface area contributed by atoms with E-state index in [1.165, 1.54) is 44.9 Å². The molecule has 0 N–H and O–H groups in total. The second-order valence-corrected chi connectivity index (χ2v) is 11.6. The monoisotopic (exact) mass is 444 g/mol. The molecule has 0 saturated heterocycles. The molecule has 0 aromatic rings. The van der Waals surface area contributed by atoms with Crippen LogP contribution in [0.1, 0.15) is 113 Å². The Morgan fingerprint density at radius 3 is 2.50 bits per heavy atom. The van der Waals surface area contributed by atoms with Gasteiger partial charge in [0.2, 0.25) is 0 Å². The number of hydrogen-bond donors (Lipinski definition) is 0. The first-order valence-electron chi connectivity index (χ1n) is 13.6. The fraction of sp³-hybridized carbons (Fsp3) is 0.862. The molecule has 182 valence electrons. The molecule has 0 aromatic heterocycles. The molecule has 0 spiro atoms. The molecule has 0 aliphatic heterocycles. The van der Waals surface area contributed by atoms with Crippen LogP contribution < -0.4 is 0 Å². The van der Waals surface area contributed by atoms with Crippen molar-refractivity contribution in [1.82, 2.24) is 0 Å². The zero-order valence-corrected chi connectivity index (χ0v) is 21.8. The number of fused-ring (bicyclic) bond motifs is 4. The summed E-state index contributed by atoms with van der Waals surface area (Å²) in [6, 6.07) is 0. The number of esters is 1. The fourth-order valence-electron chi connectivity index (χ4n) is 8.78. The van der Waals surface area contributed by atoms with E-state index in [9.17, 15) is 9.59 Å². The van der Waals surface area contributed by atoms with Crippen molar-refractivity contribution in [3.8, 4) is 0 Å². The summed E-state index contributed by atoms with van der Waals surface area (Å²) in [4.78, 5) is 22.5. The average molecular weight is 445 g/mol. The van der Waals surface area contributed by atoms with Crippen molar-refractivity contribution in [1.29, 1.82) is 0 Å². The van der Waals surface area contributed by atoms with Crippen LogP contribution >= 0.6 is 0 Å². The number of carbonyl (C=O) groups excluding carboxylic acids is 2. The molecular formula is C29H48O3. The van der Waals surface area contributed by atoms with Gasteiger partial charge < -0.3 is 9.53 Å². The summed E-state index contributed by atoms with van der Waals surface area (Å²) in [5.74, 6) is 3.14. The van der Waals surface area contributed by atoms with Crippen LogP contribution in [-0.2, 0) is 14.3 Å². The molecule has 0 amide bonds. The van der Waals surface area contributed by atoms with Gasteiger partial charge in [-0.1, -0.05) is 52.7 Å². The molecule has 3 heteroatoms. The Balaban J connectivity index is 0.00000141. The van der Waals surface area contributed by atoms with Gasteiger partial charge in [0.05, 0.1) is 0 Å². The molecule has 32 heavy (non-hydrogen) atoms. The first kappa shape index (κ1) is 25.5.